The van der Waals surface area contributed by atoms with Crippen LogP contribution in [-0.2, 0) is 19.1 Å². The lowest BCUT2D eigenvalue weighted by molar-refractivity contribution is -0.141. The highest BCUT2D eigenvalue weighted by Gasteiger charge is 2.36. The molecule has 7 nitrogen and oxygen atoms in total. The molecular formula is C31H43I3N2O5. The van der Waals surface area contributed by atoms with Crippen LogP contribution in [0.4, 0.5) is 0 Å². The predicted molar refractivity (Wildman–Crippen MR) is 190 cm³/mol. The molecule has 2 aliphatic rings. The number of likely N-dealkylation sites (tertiary alicyclic amines) is 2. The van der Waals surface area contributed by atoms with Crippen molar-refractivity contribution in [3.05, 3.63) is 71.8 Å². The van der Waals surface area contributed by atoms with Gasteiger partial charge in [-0.1, -0.05) is 60.7 Å². The van der Waals surface area contributed by atoms with Crippen molar-refractivity contribution in [3.8, 4) is 0 Å². The van der Waals surface area contributed by atoms with Gasteiger partial charge in [-0.2, -0.15) is 0 Å². The van der Waals surface area contributed by atoms with E-state index in [0.717, 1.165) is 12.1 Å². The van der Waals surface area contributed by atoms with Crippen LogP contribution in [0, 0.1) is 11.8 Å². The van der Waals surface area contributed by atoms with E-state index in [1.165, 1.54) is 12.7 Å². The van der Waals surface area contributed by atoms with Gasteiger partial charge in [0.1, 0.15) is 0 Å². The highest BCUT2D eigenvalue weighted by Crippen LogP contribution is 2.32. The number of ether oxygens (including phenoxy) is 1. The highest BCUT2D eigenvalue weighted by molar-refractivity contribution is 15.0. The summed E-state index contributed by atoms with van der Waals surface area (Å²) in [7, 11) is 1.38. The van der Waals surface area contributed by atoms with E-state index in [1.54, 1.807) is 13.8 Å². The predicted octanol–water partition coefficient (Wildman–Crippen LogP) is 7.31. The molecule has 41 heavy (non-hydrogen) atoms. The first kappa shape index (κ1) is 38.0. The van der Waals surface area contributed by atoms with Crippen molar-refractivity contribution < 1.29 is 24.2 Å². The van der Waals surface area contributed by atoms with E-state index in [9.17, 15) is 19.5 Å². The van der Waals surface area contributed by atoms with Gasteiger partial charge in [0.05, 0.1) is 31.2 Å². The summed E-state index contributed by atoms with van der Waals surface area (Å²) in [5, 5.41) is 9.88. The molecule has 0 aliphatic carbocycles. The molecule has 228 valence electrons. The van der Waals surface area contributed by atoms with E-state index >= 15 is 0 Å². The normalized spacial score (nSPS) is 19.7. The number of amides is 2. The molecule has 2 aliphatic heterocycles. The molecule has 0 bridgehead atoms. The van der Waals surface area contributed by atoms with Crippen molar-refractivity contribution in [2.24, 2.45) is 11.8 Å². The molecule has 2 heterocycles. The second-order valence-corrected chi connectivity index (χ2v) is 11.2. The number of nitrogens with zero attached hydrogens (tertiary/aromatic N) is 2. The number of carbonyl (C=O) groups is 3. The minimum Gasteiger partial charge on any atom is -0.469 e. The molecule has 2 aromatic carbocycles. The van der Waals surface area contributed by atoms with Crippen molar-refractivity contribution in [1.82, 2.24) is 9.80 Å². The zero-order valence-electron chi connectivity index (χ0n) is 24.5. The second kappa shape index (κ2) is 18.6. The SMILES string of the molecule is COC(=O)C[C@H]1CC(=O)N([C@@H](C)c2ccccc2)C1.C[C@@H](c1ccccc1)N1C[C@@H](CC(C)(C)O)CC1=O.I.II. The molecule has 0 spiro atoms. The van der Waals surface area contributed by atoms with Crippen LogP contribution in [-0.4, -0.2) is 58.5 Å². The summed E-state index contributed by atoms with van der Waals surface area (Å²) in [6, 6.07) is 20.2. The molecule has 0 radical (unpaired) electrons. The van der Waals surface area contributed by atoms with Crippen molar-refractivity contribution in [1.29, 1.82) is 0 Å². The van der Waals surface area contributed by atoms with Gasteiger partial charge in [0.15, 0.2) is 0 Å². The van der Waals surface area contributed by atoms with Crippen molar-refractivity contribution in [3.63, 3.8) is 0 Å². The molecule has 10 heteroatoms. The van der Waals surface area contributed by atoms with Crippen molar-refractivity contribution in [2.45, 2.75) is 71.1 Å². The van der Waals surface area contributed by atoms with Crippen LogP contribution >= 0.6 is 61.2 Å². The average Bonchev–Trinajstić information content (AvgIpc) is 3.49. The van der Waals surface area contributed by atoms with Gasteiger partial charge in [-0.3, -0.25) is 14.4 Å². The van der Waals surface area contributed by atoms with E-state index < -0.39 is 5.60 Å². The Kier molecular flexibility index (Phi) is 17.3. The van der Waals surface area contributed by atoms with Crippen LogP contribution in [0.25, 0.3) is 0 Å². The van der Waals surface area contributed by atoms with Gasteiger partial charge in [-0.05, 0) is 57.1 Å². The van der Waals surface area contributed by atoms with Crippen molar-refractivity contribution in [2.75, 3.05) is 20.2 Å². The van der Waals surface area contributed by atoms with Crippen LogP contribution in [0.2, 0.25) is 0 Å². The second-order valence-electron chi connectivity index (χ2n) is 11.2. The molecule has 2 fully saturated rings. The monoisotopic (exact) mass is 904 g/mol. The summed E-state index contributed by atoms with van der Waals surface area (Å²) >= 11 is 4.24. The standard InChI is InChI=1S/C16H23NO2.C15H19NO3.I2.HI/c1-12(14-7-5-4-6-8-14)17-11-13(9-15(17)18)10-16(2,3)19;1-11(13-6-4-3-5-7-13)16-10-12(8-14(16)17)9-15(18)19-2;1-2;/h4-8,12-13,19H,9-11H2,1-3H3;3-7,11-12H,8-10H2,1-2H3;;1H/t12-,13+;11-,12+;;/m00../s1. The Balaban J connectivity index is 0.000000378. The van der Waals surface area contributed by atoms with Gasteiger partial charge in [-0.15, -0.1) is 24.0 Å². The first-order valence-electron chi connectivity index (χ1n) is 13.6. The van der Waals surface area contributed by atoms with E-state index in [4.69, 9.17) is 0 Å². The summed E-state index contributed by atoms with van der Waals surface area (Å²) in [6.45, 7) is 9.08. The lowest BCUT2D eigenvalue weighted by Crippen LogP contribution is -2.29. The maximum absolute atomic E-state index is 12.1. The first-order valence-corrected chi connectivity index (χ1v) is 19.9. The Bertz CT molecular complexity index is 1080. The maximum Gasteiger partial charge on any atom is 0.305 e. The third-order valence-electron chi connectivity index (χ3n) is 7.45. The Morgan fingerprint density at radius 2 is 1.27 bits per heavy atom. The van der Waals surface area contributed by atoms with Gasteiger partial charge in [-0.25, -0.2) is 0 Å². The van der Waals surface area contributed by atoms with Crippen LogP contribution < -0.4 is 0 Å². The number of hydrogen-bond donors (Lipinski definition) is 1. The maximum atomic E-state index is 12.1. The summed E-state index contributed by atoms with van der Waals surface area (Å²) < 4.78 is 4.66. The van der Waals surface area contributed by atoms with E-state index in [2.05, 4.69) is 61.0 Å². The Morgan fingerprint density at radius 1 is 0.878 bits per heavy atom. The first-order chi connectivity index (χ1) is 19.0. The van der Waals surface area contributed by atoms with E-state index in [0.29, 0.717) is 32.2 Å². The lowest BCUT2D eigenvalue weighted by Gasteiger charge is -2.26. The fraction of sp³-hybridized carbons (Fsp3) is 0.516. The van der Waals surface area contributed by atoms with Gasteiger partial charge in [0, 0.05) is 63.2 Å². The number of rotatable bonds is 8. The van der Waals surface area contributed by atoms with Gasteiger partial charge < -0.3 is 19.6 Å². The molecule has 2 aromatic rings. The third kappa shape index (κ3) is 12.3. The number of aliphatic hydroxyl groups is 1. The number of halogens is 3. The third-order valence-corrected chi connectivity index (χ3v) is 7.45. The quantitative estimate of drug-likeness (QED) is 0.222. The van der Waals surface area contributed by atoms with Crippen molar-refractivity contribution >= 4 is 79.0 Å². The summed E-state index contributed by atoms with van der Waals surface area (Å²) in [5.41, 5.74) is 1.59. The number of methoxy groups -OCH3 is 1. The number of hydrogen-bond acceptors (Lipinski definition) is 5. The van der Waals surface area contributed by atoms with Gasteiger partial charge in [0.25, 0.3) is 0 Å². The summed E-state index contributed by atoms with van der Waals surface area (Å²) in [5.74, 6) is 0.410. The Morgan fingerprint density at radius 3 is 1.66 bits per heavy atom. The fourth-order valence-electron chi connectivity index (χ4n) is 5.49. The highest BCUT2D eigenvalue weighted by atomic mass is 128. The smallest absolute Gasteiger partial charge is 0.305 e. The summed E-state index contributed by atoms with van der Waals surface area (Å²) in [4.78, 5) is 39.2. The molecule has 4 atom stereocenters. The molecule has 0 saturated carbocycles. The molecule has 4 rings (SSSR count). The number of carbonyl (C=O) groups excluding carboxylic acids is 3. The number of benzene rings is 2. The van der Waals surface area contributed by atoms with Crippen LogP contribution in [0.15, 0.2) is 60.7 Å². The molecule has 2 saturated heterocycles. The lowest BCUT2D eigenvalue weighted by atomic mass is 9.93. The zero-order chi connectivity index (χ0) is 29.9. The topological polar surface area (TPSA) is 87.2 Å². The van der Waals surface area contributed by atoms with Crippen LogP contribution in [0.3, 0.4) is 0 Å². The fourth-order valence-corrected chi connectivity index (χ4v) is 5.49. The largest absolute Gasteiger partial charge is 0.469 e. The van der Waals surface area contributed by atoms with E-state index in [-0.39, 0.29) is 65.7 Å². The minimum atomic E-state index is -0.697. The number of esters is 1. The molecule has 0 unspecified atom stereocenters. The molecule has 0 aromatic heterocycles. The minimum absolute atomic E-state index is 0. The average molecular weight is 904 g/mol. The van der Waals surface area contributed by atoms with Gasteiger partial charge in [0.2, 0.25) is 11.8 Å². The van der Waals surface area contributed by atoms with Gasteiger partial charge >= 0.3 is 5.97 Å². The van der Waals surface area contributed by atoms with Crippen LogP contribution in [0.5, 0.6) is 0 Å². The zero-order valence-corrected chi connectivity index (χ0v) is 31.1. The van der Waals surface area contributed by atoms with Crippen LogP contribution in [0.1, 0.15) is 76.6 Å². The van der Waals surface area contributed by atoms with E-state index in [1.807, 2.05) is 65.3 Å². The molecule has 1 N–H and O–H groups in total. The molecule has 2 amide bonds. The Hall–Kier alpha value is -1.000. The molecular weight excluding hydrogens is 861 g/mol. The Labute approximate surface area is 285 Å². The summed E-state index contributed by atoms with van der Waals surface area (Å²) in [6.07, 6.45) is 1.99.